The van der Waals surface area contributed by atoms with E-state index in [4.69, 9.17) is 11.6 Å². The number of carbonyl (C=O) groups is 1. The molecule has 0 atom stereocenters. The molecule has 0 aliphatic heterocycles. The lowest BCUT2D eigenvalue weighted by molar-refractivity contribution is 0.102. The summed E-state index contributed by atoms with van der Waals surface area (Å²) in [6, 6.07) is 6.02. The van der Waals surface area contributed by atoms with Gasteiger partial charge in [-0.15, -0.1) is 0 Å². The largest absolute Gasteiger partial charge is 0.367 e. The van der Waals surface area contributed by atoms with Crippen LogP contribution in [-0.4, -0.2) is 21.9 Å². The molecule has 24 heavy (non-hydrogen) atoms. The Kier molecular flexibility index (Phi) is 5.25. The first kappa shape index (κ1) is 16.6. The Balaban J connectivity index is 1.68. The van der Waals surface area contributed by atoms with Crippen molar-refractivity contribution >= 4 is 29.0 Å². The summed E-state index contributed by atoms with van der Waals surface area (Å²) in [5.41, 5.74) is 0.649. The van der Waals surface area contributed by atoms with Gasteiger partial charge in [0.2, 0.25) is 0 Å². The highest BCUT2D eigenvalue weighted by Gasteiger charge is 2.15. The third kappa shape index (κ3) is 4.20. The lowest BCUT2D eigenvalue weighted by Gasteiger charge is -2.23. The van der Waals surface area contributed by atoms with Crippen molar-refractivity contribution in [3.05, 3.63) is 47.1 Å². The third-order valence-corrected chi connectivity index (χ3v) is 4.32. The summed E-state index contributed by atoms with van der Waals surface area (Å²) < 4.78 is 13.2. The Morgan fingerprint density at radius 2 is 1.96 bits per heavy atom. The van der Waals surface area contributed by atoms with Crippen LogP contribution in [-0.2, 0) is 0 Å². The maximum Gasteiger partial charge on any atom is 0.274 e. The summed E-state index contributed by atoms with van der Waals surface area (Å²) in [7, 11) is 0. The van der Waals surface area contributed by atoms with Gasteiger partial charge in [0.05, 0.1) is 5.02 Å². The van der Waals surface area contributed by atoms with Crippen molar-refractivity contribution in [1.82, 2.24) is 9.97 Å². The van der Waals surface area contributed by atoms with Crippen LogP contribution in [0.15, 0.2) is 30.6 Å². The third-order valence-electron chi connectivity index (χ3n) is 4.03. The first-order valence-corrected chi connectivity index (χ1v) is 8.34. The minimum absolute atomic E-state index is 0.0462. The lowest BCUT2D eigenvalue weighted by atomic mass is 9.95. The summed E-state index contributed by atoms with van der Waals surface area (Å²) in [5.74, 6) is -0.290. The number of hydrogen-bond donors (Lipinski definition) is 2. The smallest absolute Gasteiger partial charge is 0.274 e. The van der Waals surface area contributed by atoms with Gasteiger partial charge in [-0.1, -0.05) is 30.9 Å². The lowest BCUT2D eigenvalue weighted by Crippen LogP contribution is -2.23. The van der Waals surface area contributed by atoms with Gasteiger partial charge in [-0.05, 0) is 31.0 Å². The van der Waals surface area contributed by atoms with E-state index < -0.39 is 11.7 Å². The highest BCUT2D eigenvalue weighted by Crippen LogP contribution is 2.22. The summed E-state index contributed by atoms with van der Waals surface area (Å²) in [6.45, 7) is 0. The van der Waals surface area contributed by atoms with Crippen LogP contribution in [0.5, 0.6) is 0 Å². The van der Waals surface area contributed by atoms with Crippen molar-refractivity contribution in [2.45, 2.75) is 38.1 Å². The fourth-order valence-corrected chi connectivity index (χ4v) is 2.97. The average molecular weight is 349 g/mol. The minimum atomic E-state index is -0.532. The topological polar surface area (TPSA) is 66.9 Å². The van der Waals surface area contributed by atoms with Gasteiger partial charge in [-0.2, -0.15) is 0 Å². The van der Waals surface area contributed by atoms with E-state index in [0.29, 0.717) is 17.5 Å². The van der Waals surface area contributed by atoms with E-state index in [2.05, 4.69) is 20.6 Å². The first-order valence-electron chi connectivity index (χ1n) is 7.97. The number of hydrogen-bond acceptors (Lipinski definition) is 4. The number of anilines is 2. The Labute approximate surface area is 144 Å². The zero-order valence-electron chi connectivity index (χ0n) is 13.1. The fourth-order valence-electron chi connectivity index (χ4n) is 2.79. The molecular weight excluding hydrogens is 331 g/mol. The zero-order valence-corrected chi connectivity index (χ0v) is 13.8. The Morgan fingerprint density at radius 3 is 2.71 bits per heavy atom. The normalized spacial score (nSPS) is 15.1. The van der Waals surface area contributed by atoms with E-state index in [-0.39, 0.29) is 10.7 Å². The molecule has 126 valence electrons. The van der Waals surface area contributed by atoms with E-state index in [1.165, 1.54) is 43.8 Å². The predicted molar refractivity (Wildman–Crippen MR) is 91.9 cm³/mol. The minimum Gasteiger partial charge on any atom is -0.367 e. The van der Waals surface area contributed by atoms with E-state index in [1.807, 2.05) is 0 Å². The molecule has 3 rings (SSSR count). The van der Waals surface area contributed by atoms with Gasteiger partial charge in [0, 0.05) is 17.8 Å². The number of carbonyl (C=O) groups excluding carboxylic acids is 1. The van der Waals surface area contributed by atoms with E-state index >= 15 is 0 Å². The molecule has 0 bridgehead atoms. The van der Waals surface area contributed by atoms with E-state index in [1.54, 1.807) is 6.07 Å². The van der Waals surface area contributed by atoms with Crippen molar-refractivity contribution in [3.63, 3.8) is 0 Å². The summed E-state index contributed by atoms with van der Waals surface area (Å²) in [5, 5.41) is 5.96. The number of halogens is 2. The molecule has 1 heterocycles. The molecule has 0 unspecified atom stereocenters. The maximum absolute atomic E-state index is 13.2. The van der Waals surface area contributed by atoms with Crippen LogP contribution < -0.4 is 10.6 Å². The van der Waals surface area contributed by atoms with Gasteiger partial charge in [0.1, 0.15) is 23.7 Å². The predicted octanol–water partition coefficient (Wildman–Crippen LogP) is 4.27. The van der Waals surface area contributed by atoms with Gasteiger partial charge in [-0.25, -0.2) is 14.4 Å². The van der Waals surface area contributed by atoms with Crippen LogP contribution >= 0.6 is 11.6 Å². The molecule has 1 aliphatic carbocycles. The molecule has 2 N–H and O–H groups in total. The molecule has 1 amide bonds. The molecule has 7 heteroatoms. The van der Waals surface area contributed by atoms with Gasteiger partial charge in [0.15, 0.2) is 0 Å². The van der Waals surface area contributed by atoms with E-state index in [0.717, 1.165) is 12.8 Å². The summed E-state index contributed by atoms with van der Waals surface area (Å²) >= 11 is 5.72. The first-order chi connectivity index (χ1) is 11.6. The quantitative estimate of drug-likeness (QED) is 0.866. The van der Waals surface area contributed by atoms with Crippen LogP contribution in [0.25, 0.3) is 0 Å². The van der Waals surface area contributed by atoms with Crippen LogP contribution in [0.1, 0.15) is 42.6 Å². The van der Waals surface area contributed by atoms with Gasteiger partial charge in [0.25, 0.3) is 5.91 Å². The number of nitrogens with one attached hydrogen (secondary N) is 2. The molecule has 1 aromatic heterocycles. The van der Waals surface area contributed by atoms with Crippen molar-refractivity contribution in [3.8, 4) is 0 Å². The van der Waals surface area contributed by atoms with Crippen LogP contribution in [0, 0.1) is 5.82 Å². The summed E-state index contributed by atoms with van der Waals surface area (Å²) in [6.07, 6.45) is 7.27. The molecule has 0 saturated heterocycles. The van der Waals surface area contributed by atoms with Crippen molar-refractivity contribution in [1.29, 1.82) is 0 Å². The van der Waals surface area contributed by atoms with Crippen molar-refractivity contribution < 1.29 is 9.18 Å². The van der Waals surface area contributed by atoms with Crippen molar-refractivity contribution in [2.24, 2.45) is 0 Å². The molecular formula is C17H18ClFN4O. The summed E-state index contributed by atoms with van der Waals surface area (Å²) in [4.78, 5) is 20.5. The maximum atomic E-state index is 13.2. The van der Waals surface area contributed by atoms with Crippen LogP contribution in [0.4, 0.5) is 15.9 Å². The zero-order chi connectivity index (χ0) is 16.9. The second-order valence-corrected chi connectivity index (χ2v) is 6.26. The molecule has 1 saturated carbocycles. The Bertz CT molecular complexity index is 734. The highest BCUT2D eigenvalue weighted by molar-refractivity contribution is 6.31. The molecule has 1 aliphatic rings. The number of aromatic nitrogens is 2. The molecule has 0 radical (unpaired) electrons. The Morgan fingerprint density at radius 1 is 1.17 bits per heavy atom. The fraction of sp³-hybridized carbons (Fsp3) is 0.353. The SMILES string of the molecule is O=C(Nc1ccc(F)c(Cl)c1)c1cc(NC2CCCCC2)ncn1. The highest BCUT2D eigenvalue weighted by atomic mass is 35.5. The molecule has 0 spiro atoms. The molecule has 1 aromatic carbocycles. The van der Waals surface area contributed by atoms with Gasteiger partial charge in [-0.3, -0.25) is 4.79 Å². The van der Waals surface area contributed by atoms with Gasteiger partial charge >= 0.3 is 0 Å². The molecule has 2 aromatic rings. The average Bonchev–Trinajstić information content (AvgIpc) is 2.59. The van der Waals surface area contributed by atoms with Crippen molar-refractivity contribution in [2.75, 3.05) is 10.6 Å². The number of nitrogens with zero attached hydrogens (tertiary/aromatic N) is 2. The standard InChI is InChI=1S/C17H18ClFN4O/c18-13-8-12(6-7-14(13)19)23-17(24)15-9-16(21-10-20-15)22-11-4-2-1-3-5-11/h6-11H,1-5H2,(H,23,24)(H,20,21,22). The molecule has 1 fully saturated rings. The Hall–Kier alpha value is -2.21. The number of benzene rings is 1. The number of amides is 1. The van der Waals surface area contributed by atoms with Crippen LogP contribution in [0.2, 0.25) is 5.02 Å². The molecule has 5 nitrogen and oxygen atoms in total. The van der Waals surface area contributed by atoms with Gasteiger partial charge < -0.3 is 10.6 Å². The van der Waals surface area contributed by atoms with Crippen LogP contribution in [0.3, 0.4) is 0 Å². The number of rotatable bonds is 4. The second-order valence-electron chi connectivity index (χ2n) is 5.85. The second kappa shape index (κ2) is 7.57. The van der Waals surface area contributed by atoms with E-state index in [9.17, 15) is 9.18 Å². The monoisotopic (exact) mass is 348 g/mol.